The predicted molar refractivity (Wildman–Crippen MR) is 52.6 cm³/mol. The summed E-state index contributed by atoms with van der Waals surface area (Å²) in [5.74, 6) is -0.0164. The number of fused-ring (bicyclic) bond motifs is 1. The van der Waals surface area contributed by atoms with Crippen LogP contribution in [0.2, 0.25) is 0 Å². The Balaban J connectivity index is 2.42. The van der Waals surface area contributed by atoms with Crippen LogP contribution in [0.5, 0.6) is 0 Å². The lowest BCUT2D eigenvalue weighted by Crippen LogP contribution is -2.36. The number of rotatable bonds is 0. The van der Waals surface area contributed by atoms with E-state index in [0.717, 1.165) is 11.4 Å². The lowest BCUT2D eigenvalue weighted by molar-refractivity contribution is -0.116. The van der Waals surface area contributed by atoms with Crippen molar-refractivity contribution in [2.24, 2.45) is 0 Å². The fourth-order valence-corrected chi connectivity index (χ4v) is 1.33. The summed E-state index contributed by atoms with van der Waals surface area (Å²) in [5.41, 5.74) is 7.97. The van der Waals surface area contributed by atoms with Gasteiger partial charge in [0.25, 0.3) is 0 Å². The maximum absolute atomic E-state index is 11.2. The van der Waals surface area contributed by atoms with Crippen LogP contribution in [0.25, 0.3) is 0 Å². The van der Waals surface area contributed by atoms with Gasteiger partial charge in [0, 0.05) is 5.69 Å². The first-order valence-electron chi connectivity index (χ1n) is 4.14. The van der Waals surface area contributed by atoms with E-state index in [1.54, 1.807) is 12.1 Å². The lowest BCUT2D eigenvalue weighted by Gasteiger charge is -2.24. The van der Waals surface area contributed by atoms with Gasteiger partial charge < -0.3 is 16.4 Å². The summed E-state index contributed by atoms with van der Waals surface area (Å²) < 4.78 is 0. The summed E-state index contributed by atoms with van der Waals surface area (Å²) in [4.78, 5) is 11.2. The molecule has 2 rings (SSSR count). The first-order valence-corrected chi connectivity index (χ1v) is 4.14. The number of carbonyl (C=O) groups is 1. The third-order valence-electron chi connectivity index (χ3n) is 2.07. The Morgan fingerprint density at radius 3 is 2.92 bits per heavy atom. The van der Waals surface area contributed by atoms with Gasteiger partial charge in [-0.15, -0.1) is 0 Å². The van der Waals surface area contributed by atoms with Gasteiger partial charge in [0.2, 0.25) is 5.91 Å². The van der Waals surface area contributed by atoms with Crippen LogP contribution >= 0.6 is 0 Å². The van der Waals surface area contributed by atoms with E-state index in [4.69, 9.17) is 5.73 Å². The zero-order valence-corrected chi connectivity index (χ0v) is 7.29. The van der Waals surface area contributed by atoms with Crippen LogP contribution in [0.1, 0.15) is 6.92 Å². The fourth-order valence-electron chi connectivity index (χ4n) is 1.33. The Morgan fingerprint density at radius 1 is 1.38 bits per heavy atom. The molecule has 0 bridgehead atoms. The Labute approximate surface area is 76.1 Å². The average Bonchev–Trinajstić information content (AvgIpc) is 2.08. The number of amides is 1. The molecule has 0 fully saturated rings. The number of nitrogens with one attached hydrogen (secondary N) is 2. The highest BCUT2D eigenvalue weighted by atomic mass is 16.2. The molecule has 4 heteroatoms. The summed E-state index contributed by atoms with van der Waals surface area (Å²) in [7, 11) is 0. The molecule has 1 aliphatic heterocycles. The number of benzene rings is 1. The van der Waals surface area contributed by atoms with E-state index in [1.165, 1.54) is 0 Å². The minimum absolute atomic E-state index is 0.0164. The summed E-state index contributed by atoms with van der Waals surface area (Å²) in [6.07, 6.45) is 0. The summed E-state index contributed by atoms with van der Waals surface area (Å²) in [6.45, 7) is 1.81. The quantitative estimate of drug-likeness (QED) is 0.518. The molecule has 1 unspecified atom stereocenters. The Morgan fingerprint density at radius 2 is 2.15 bits per heavy atom. The van der Waals surface area contributed by atoms with Crippen molar-refractivity contribution in [3.8, 4) is 0 Å². The maximum atomic E-state index is 11.2. The standard InChI is InChI=1S/C9H11N3O/c1-5-9(13)12-7-3-2-6(10)4-8(7)11-5/h2-5,11H,10H2,1H3,(H,12,13). The molecule has 1 amide bonds. The molecule has 1 heterocycles. The van der Waals surface area contributed by atoms with E-state index in [2.05, 4.69) is 10.6 Å². The molecule has 0 saturated heterocycles. The SMILES string of the molecule is CC1Nc2cc(N)ccc2NC1=O. The molecule has 0 spiro atoms. The number of carbonyl (C=O) groups excluding carboxylic acids is 1. The molecular weight excluding hydrogens is 166 g/mol. The average molecular weight is 177 g/mol. The molecule has 4 nitrogen and oxygen atoms in total. The zero-order chi connectivity index (χ0) is 9.42. The van der Waals surface area contributed by atoms with Crippen molar-refractivity contribution in [2.75, 3.05) is 16.4 Å². The van der Waals surface area contributed by atoms with Crippen molar-refractivity contribution in [3.63, 3.8) is 0 Å². The second-order valence-corrected chi connectivity index (χ2v) is 3.16. The number of nitrogens with two attached hydrogens (primary N) is 1. The topological polar surface area (TPSA) is 67.2 Å². The highest BCUT2D eigenvalue weighted by Gasteiger charge is 2.20. The van der Waals surface area contributed by atoms with Crippen molar-refractivity contribution in [1.82, 2.24) is 0 Å². The van der Waals surface area contributed by atoms with E-state index < -0.39 is 0 Å². The number of anilines is 3. The first-order chi connectivity index (χ1) is 6.16. The van der Waals surface area contributed by atoms with Gasteiger partial charge in [-0.05, 0) is 25.1 Å². The minimum Gasteiger partial charge on any atom is -0.399 e. The van der Waals surface area contributed by atoms with E-state index in [9.17, 15) is 4.79 Å². The monoisotopic (exact) mass is 177 g/mol. The van der Waals surface area contributed by atoms with Gasteiger partial charge in [-0.1, -0.05) is 0 Å². The Hall–Kier alpha value is -1.71. The summed E-state index contributed by atoms with van der Waals surface area (Å²) >= 11 is 0. The van der Waals surface area contributed by atoms with Crippen LogP contribution in [0.3, 0.4) is 0 Å². The summed E-state index contributed by atoms with van der Waals surface area (Å²) in [6, 6.07) is 5.16. The minimum atomic E-state index is -0.200. The van der Waals surface area contributed by atoms with Gasteiger partial charge in [0.05, 0.1) is 11.4 Å². The van der Waals surface area contributed by atoms with Gasteiger partial charge >= 0.3 is 0 Å². The largest absolute Gasteiger partial charge is 0.399 e. The van der Waals surface area contributed by atoms with Gasteiger partial charge in [0.1, 0.15) is 6.04 Å². The Bertz CT molecular complexity index is 362. The highest BCUT2D eigenvalue weighted by molar-refractivity contribution is 6.03. The van der Waals surface area contributed by atoms with Crippen LogP contribution in [-0.2, 0) is 4.79 Å². The normalized spacial score (nSPS) is 20.1. The van der Waals surface area contributed by atoms with Gasteiger partial charge in [0.15, 0.2) is 0 Å². The predicted octanol–water partition coefficient (Wildman–Crippen LogP) is 1.02. The molecule has 0 aromatic heterocycles. The number of nitrogen functional groups attached to an aromatic ring is 1. The molecule has 4 N–H and O–H groups in total. The summed E-state index contributed by atoms with van der Waals surface area (Å²) in [5, 5.41) is 5.84. The molecule has 1 atom stereocenters. The third-order valence-corrected chi connectivity index (χ3v) is 2.07. The Kier molecular flexibility index (Phi) is 1.62. The zero-order valence-electron chi connectivity index (χ0n) is 7.29. The van der Waals surface area contributed by atoms with Crippen molar-refractivity contribution < 1.29 is 4.79 Å². The van der Waals surface area contributed by atoms with E-state index in [0.29, 0.717) is 5.69 Å². The van der Waals surface area contributed by atoms with Crippen LogP contribution in [0.15, 0.2) is 18.2 Å². The van der Waals surface area contributed by atoms with Gasteiger partial charge in [-0.25, -0.2) is 0 Å². The number of hydrogen-bond acceptors (Lipinski definition) is 3. The van der Waals surface area contributed by atoms with E-state index in [1.807, 2.05) is 13.0 Å². The van der Waals surface area contributed by atoms with Crippen LogP contribution in [-0.4, -0.2) is 11.9 Å². The van der Waals surface area contributed by atoms with Gasteiger partial charge in [-0.3, -0.25) is 4.79 Å². The molecule has 1 aliphatic rings. The fraction of sp³-hybridized carbons (Fsp3) is 0.222. The second kappa shape index (κ2) is 2.65. The second-order valence-electron chi connectivity index (χ2n) is 3.16. The van der Waals surface area contributed by atoms with Crippen LogP contribution < -0.4 is 16.4 Å². The molecule has 13 heavy (non-hydrogen) atoms. The molecule has 68 valence electrons. The smallest absolute Gasteiger partial charge is 0.246 e. The van der Waals surface area contributed by atoms with E-state index >= 15 is 0 Å². The molecular formula is C9H11N3O. The molecule has 0 radical (unpaired) electrons. The van der Waals surface area contributed by atoms with Crippen molar-refractivity contribution in [2.45, 2.75) is 13.0 Å². The molecule has 0 aliphatic carbocycles. The van der Waals surface area contributed by atoms with Gasteiger partial charge in [-0.2, -0.15) is 0 Å². The van der Waals surface area contributed by atoms with Crippen molar-refractivity contribution >= 4 is 23.0 Å². The van der Waals surface area contributed by atoms with E-state index in [-0.39, 0.29) is 11.9 Å². The maximum Gasteiger partial charge on any atom is 0.246 e. The molecule has 0 saturated carbocycles. The van der Waals surface area contributed by atoms with Crippen molar-refractivity contribution in [3.05, 3.63) is 18.2 Å². The highest BCUT2D eigenvalue weighted by Crippen LogP contribution is 2.28. The molecule has 1 aromatic carbocycles. The lowest BCUT2D eigenvalue weighted by atomic mass is 10.1. The van der Waals surface area contributed by atoms with Crippen LogP contribution in [0, 0.1) is 0 Å². The number of hydrogen-bond donors (Lipinski definition) is 3. The molecule has 1 aromatic rings. The van der Waals surface area contributed by atoms with Crippen LogP contribution in [0.4, 0.5) is 17.1 Å². The third kappa shape index (κ3) is 1.30. The first kappa shape index (κ1) is 7.91. The van der Waals surface area contributed by atoms with Crippen molar-refractivity contribution in [1.29, 1.82) is 0 Å².